The van der Waals surface area contributed by atoms with Crippen LogP contribution in [0.15, 0.2) is 28.4 Å². The molecule has 3 saturated carbocycles. The van der Waals surface area contributed by atoms with E-state index in [-0.39, 0.29) is 34.8 Å². The van der Waals surface area contributed by atoms with Crippen LogP contribution in [0.3, 0.4) is 0 Å². The topological polar surface area (TPSA) is 120 Å². The lowest BCUT2D eigenvalue weighted by atomic mass is 9.40. The maximum absolute atomic E-state index is 12.8. The summed E-state index contributed by atoms with van der Waals surface area (Å²) in [4.78, 5) is 19.1. The SMILES string of the molecule is CN=C(N)N1C=C[C@@H](CNC)[C@@]2(C1)[C@@H]1CC[C@H]3CCC[C@H]4[C@@]32C(=C(C(=O)O)[C@]4(O)COC)C1. The van der Waals surface area contributed by atoms with Crippen LogP contribution in [0.5, 0.6) is 0 Å². The number of nitrogens with zero attached hydrogens (tertiary/aromatic N) is 2. The van der Waals surface area contributed by atoms with Gasteiger partial charge < -0.3 is 30.9 Å². The fraction of sp³-hybridized carbons (Fsp3) is 0.760. The summed E-state index contributed by atoms with van der Waals surface area (Å²) >= 11 is 0. The molecule has 33 heavy (non-hydrogen) atoms. The molecular formula is C25H38N4O4. The van der Waals surface area contributed by atoms with Crippen molar-refractivity contribution >= 4 is 11.9 Å². The number of aliphatic carboxylic acids is 1. The molecule has 1 heterocycles. The number of allylic oxidation sites excluding steroid dienone is 1. The molecule has 7 atom stereocenters. The van der Waals surface area contributed by atoms with Gasteiger partial charge in [-0.3, -0.25) is 4.99 Å². The lowest BCUT2D eigenvalue weighted by Crippen LogP contribution is -2.67. The summed E-state index contributed by atoms with van der Waals surface area (Å²) in [6.45, 7) is 1.53. The van der Waals surface area contributed by atoms with Gasteiger partial charge in [0.1, 0.15) is 5.60 Å². The van der Waals surface area contributed by atoms with Crippen LogP contribution in [0.25, 0.3) is 0 Å². The molecule has 5 aliphatic rings. The van der Waals surface area contributed by atoms with Crippen LogP contribution in [-0.2, 0) is 9.53 Å². The molecule has 1 aliphatic heterocycles. The Morgan fingerprint density at radius 2 is 2.09 bits per heavy atom. The Bertz CT molecular complexity index is 931. The number of guanidine groups is 1. The molecule has 2 spiro atoms. The van der Waals surface area contributed by atoms with Crippen molar-refractivity contribution in [2.24, 2.45) is 45.2 Å². The zero-order valence-electron chi connectivity index (χ0n) is 20.0. The number of carbonyl (C=O) groups is 1. The Labute approximate surface area is 195 Å². The van der Waals surface area contributed by atoms with Crippen LogP contribution >= 0.6 is 0 Å². The quantitative estimate of drug-likeness (QED) is 0.365. The highest BCUT2D eigenvalue weighted by molar-refractivity contribution is 5.92. The molecule has 182 valence electrons. The Kier molecular flexibility index (Phi) is 5.42. The average Bonchev–Trinajstić information content (AvgIpc) is 3.07. The number of carboxylic acid groups (broad SMARTS) is 1. The Morgan fingerprint density at radius 3 is 2.76 bits per heavy atom. The number of aliphatic hydroxyl groups is 1. The third-order valence-electron chi connectivity index (χ3n) is 9.98. The van der Waals surface area contributed by atoms with Crippen LogP contribution in [0.4, 0.5) is 0 Å². The zero-order chi connectivity index (χ0) is 23.6. The minimum absolute atomic E-state index is 0.0207. The Morgan fingerprint density at radius 1 is 1.33 bits per heavy atom. The van der Waals surface area contributed by atoms with Gasteiger partial charge >= 0.3 is 5.97 Å². The summed E-state index contributed by atoms with van der Waals surface area (Å²) in [5, 5.41) is 26.0. The van der Waals surface area contributed by atoms with E-state index < -0.39 is 11.6 Å². The molecule has 0 radical (unpaired) electrons. The fourth-order valence-corrected chi connectivity index (χ4v) is 9.34. The van der Waals surface area contributed by atoms with E-state index in [4.69, 9.17) is 10.5 Å². The number of nitrogens with one attached hydrogen (secondary N) is 1. The minimum atomic E-state index is -1.47. The van der Waals surface area contributed by atoms with Crippen molar-refractivity contribution in [3.63, 3.8) is 0 Å². The predicted molar refractivity (Wildman–Crippen MR) is 125 cm³/mol. The van der Waals surface area contributed by atoms with Gasteiger partial charge in [0.15, 0.2) is 5.96 Å². The standard InChI is InChI=1S/C25H38N4O4/c1-27-12-17-9-10-29(22(26)28-2)13-23(17)16-8-7-15-5-4-6-19-24(32,14-33-3)20(21(30)31)18(11-16)25(15,19)23/h9-10,15-17,19,27,32H,4-8,11-14H2,1-3H3,(H2,26,28)(H,30,31)/t15-,16-,17+,19-,23-,24+,25+/m1/s1. The number of aliphatic imine (C=N–C) groups is 1. The minimum Gasteiger partial charge on any atom is -0.478 e. The molecule has 0 amide bonds. The second kappa shape index (κ2) is 7.82. The molecule has 0 aromatic carbocycles. The summed E-state index contributed by atoms with van der Waals surface area (Å²) in [7, 11) is 5.24. The van der Waals surface area contributed by atoms with E-state index in [2.05, 4.69) is 21.3 Å². The van der Waals surface area contributed by atoms with Gasteiger partial charge in [0.25, 0.3) is 0 Å². The first-order chi connectivity index (χ1) is 15.8. The molecule has 5 rings (SSSR count). The number of nitrogens with two attached hydrogens (primary N) is 1. The van der Waals surface area contributed by atoms with Gasteiger partial charge in [0, 0.05) is 50.2 Å². The first-order valence-corrected chi connectivity index (χ1v) is 12.3. The van der Waals surface area contributed by atoms with Crippen LogP contribution in [0.2, 0.25) is 0 Å². The van der Waals surface area contributed by atoms with Crippen molar-refractivity contribution in [2.75, 3.05) is 40.9 Å². The first kappa shape index (κ1) is 22.9. The first-order valence-electron chi connectivity index (χ1n) is 12.3. The van der Waals surface area contributed by atoms with Crippen molar-refractivity contribution < 1.29 is 19.7 Å². The summed E-state index contributed by atoms with van der Waals surface area (Å²) in [6.07, 6.45) is 10.1. The number of rotatable bonds is 5. The maximum Gasteiger partial charge on any atom is 0.334 e. The molecule has 0 aromatic rings. The van der Waals surface area contributed by atoms with Gasteiger partial charge in [-0.05, 0) is 62.5 Å². The maximum atomic E-state index is 12.8. The second-order valence-electron chi connectivity index (χ2n) is 10.8. The van der Waals surface area contributed by atoms with Crippen LogP contribution in [-0.4, -0.2) is 73.5 Å². The molecule has 8 nitrogen and oxygen atoms in total. The molecule has 8 heteroatoms. The number of ether oxygens (including phenoxy) is 1. The number of methoxy groups -OCH3 is 1. The van der Waals surface area contributed by atoms with E-state index in [0.717, 1.165) is 50.6 Å². The molecule has 0 saturated heterocycles. The fourth-order valence-electron chi connectivity index (χ4n) is 9.34. The lowest BCUT2D eigenvalue weighted by Gasteiger charge is -2.65. The summed E-state index contributed by atoms with van der Waals surface area (Å²) in [6, 6.07) is 0. The average molecular weight is 459 g/mol. The smallest absolute Gasteiger partial charge is 0.334 e. The largest absolute Gasteiger partial charge is 0.478 e. The molecule has 5 N–H and O–H groups in total. The van der Waals surface area contributed by atoms with E-state index in [1.165, 1.54) is 0 Å². The van der Waals surface area contributed by atoms with Gasteiger partial charge in [-0.1, -0.05) is 12.5 Å². The van der Waals surface area contributed by atoms with Crippen molar-refractivity contribution in [2.45, 2.75) is 44.1 Å². The molecule has 3 fully saturated rings. The van der Waals surface area contributed by atoms with Crippen LogP contribution < -0.4 is 11.1 Å². The highest BCUT2D eigenvalue weighted by atomic mass is 16.5. The van der Waals surface area contributed by atoms with Gasteiger partial charge in [0.05, 0.1) is 12.2 Å². The van der Waals surface area contributed by atoms with Gasteiger partial charge in [-0.15, -0.1) is 0 Å². The highest BCUT2D eigenvalue weighted by Gasteiger charge is 2.79. The van der Waals surface area contributed by atoms with Crippen molar-refractivity contribution in [3.8, 4) is 0 Å². The molecule has 2 bridgehead atoms. The Hall–Kier alpha value is -1.90. The van der Waals surface area contributed by atoms with E-state index in [1.54, 1.807) is 14.2 Å². The summed E-state index contributed by atoms with van der Waals surface area (Å²) < 4.78 is 5.50. The van der Waals surface area contributed by atoms with Crippen LogP contribution in [0.1, 0.15) is 38.5 Å². The number of hydrogen-bond acceptors (Lipinski definition) is 5. The van der Waals surface area contributed by atoms with E-state index in [9.17, 15) is 15.0 Å². The predicted octanol–water partition coefficient (Wildman–Crippen LogP) is 1.57. The summed E-state index contributed by atoms with van der Waals surface area (Å²) in [5.74, 6) is 0.253. The third kappa shape index (κ3) is 2.63. The molecular weight excluding hydrogens is 420 g/mol. The van der Waals surface area contributed by atoms with E-state index in [1.807, 2.05) is 13.2 Å². The van der Waals surface area contributed by atoms with Crippen molar-refractivity contribution in [1.82, 2.24) is 10.2 Å². The molecule has 0 unspecified atom stereocenters. The number of hydrogen-bond donors (Lipinski definition) is 4. The second-order valence-corrected chi connectivity index (χ2v) is 10.8. The van der Waals surface area contributed by atoms with E-state index >= 15 is 0 Å². The highest BCUT2D eigenvalue weighted by Crippen LogP contribution is 2.81. The van der Waals surface area contributed by atoms with Gasteiger partial charge in [-0.2, -0.15) is 0 Å². The van der Waals surface area contributed by atoms with Gasteiger partial charge in [-0.25, -0.2) is 4.79 Å². The normalized spacial score (nSPS) is 44.0. The van der Waals surface area contributed by atoms with Gasteiger partial charge in [0.2, 0.25) is 0 Å². The van der Waals surface area contributed by atoms with Crippen LogP contribution in [0, 0.1) is 34.5 Å². The monoisotopic (exact) mass is 458 g/mol. The summed E-state index contributed by atoms with van der Waals surface area (Å²) in [5.41, 5.74) is 5.51. The van der Waals surface area contributed by atoms with E-state index in [0.29, 0.717) is 24.3 Å². The molecule has 0 aromatic heterocycles. The Balaban J connectivity index is 1.80. The lowest BCUT2D eigenvalue weighted by molar-refractivity contribution is -0.181. The molecule has 4 aliphatic carbocycles. The van der Waals surface area contributed by atoms with Crippen molar-refractivity contribution in [3.05, 3.63) is 23.4 Å². The zero-order valence-corrected chi connectivity index (χ0v) is 20.0. The van der Waals surface area contributed by atoms with Crippen molar-refractivity contribution in [1.29, 1.82) is 0 Å². The number of carboxylic acids is 1. The third-order valence-corrected chi connectivity index (χ3v) is 9.98.